The number of rotatable bonds is 3. The van der Waals surface area contributed by atoms with Crippen LogP contribution in [0.5, 0.6) is 0 Å². The molecule has 1 aliphatic rings. The fourth-order valence-corrected chi connectivity index (χ4v) is 3.12. The third kappa shape index (κ3) is 3.13. The molecule has 0 spiro atoms. The summed E-state index contributed by atoms with van der Waals surface area (Å²) < 4.78 is 3.24. The fourth-order valence-electron chi connectivity index (χ4n) is 2.85. The van der Waals surface area contributed by atoms with E-state index in [2.05, 4.69) is 68.4 Å². The van der Waals surface area contributed by atoms with Gasteiger partial charge in [0.15, 0.2) is 0 Å². The Morgan fingerprint density at radius 2 is 1.95 bits per heavy atom. The molecule has 0 aliphatic carbocycles. The van der Waals surface area contributed by atoms with E-state index < -0.39 is 0 Å². The van der Waals surface area contributed by atoms with Crippen LogP contribution in [0.4, 0.5) is 0 Å². The summed E-state index contributed by atoms with van der Waals surface area (Å²) in [6.07, 6.45) is 4.71. The van der Waals surface area contributed by atoms with Crippen molar-refractivity contribution in [3.63, 3.8) is 0 Å². The van der Waals surface area contributed by atoms with Crippen LogP contribution in [0.1, 0.15) is 18.5 Å². The summed E-state index contributed by atoms with van der Waals surface area (Å²) in [7, 11) is 0. The number of nitrogens with zero attached hydrogens (tertiary/aromatic N) is 2. The molecule has 20 heavy (non-hydrogen) atoms. The second kappa shape index (κ2) is 6.10. The molecule has 0 saturated carbocycles. The third-order valence-corrected chi connectivity index (χ3v) is 4.53. The Balaban J connectivity index is 1.78. The van der Waals surface area contributed by atoms with Crippen LogP contribution >= 0.6 is 15.9 Å². The Labute approximate surface area is 128 Å². The van der Waals surface area contributed by atoms with Crippen molar-refractivity contribution in [1.29, 1.82) is 0 Å². The van der Waals surface area contributed by atoms with Gasteiger partial charge in [-0.25, -0.2) is 0 Å². The molecule has 1 saturated heterocycles. The van der Waals surface area contributed by atoms with Crippen molar-refractivity contribution in [3.8, 4) is 11.1 Å². The summed E-state index contributed by atoms with van der Waals surface area (Å²) in [5.41, 5.74) is 3.59. The monoisotopic (exact) mass is 333 g/mol. The van der Waals surface area contributed by atoms with Gasteiger partial charge in [0.25, 0.3) is 0 Å². The number of hydrogen-bond acceptors (Lipinski definition) is 2. The largest absolute Gasteiger partial charge is 0.317 e. The Hall–Kier alpha value is -1.13. The number of aryl methyl sites for hydroxylation is 1. The lowest BCUT2D eigenvalue weighted by atomic mass is 9.98. The van der Waals surface area contributed by atoms with Crippen LogP contribution in [0.25, 0.3) is 11.1 Å². The van der Waals surface area contributed by atoms with E-state index in [-0.39, 0.29) is 0 Å². The smallest absolute Gasteiger partial charge is 0.0672 e. The van der Waals surface area contributed by atoms with Crippen LogP contribution in [-0.2, 0) is 6.54 Å². The maximum Gasteiger partial charge on any atom is 0.0672 e. The number of halogens is 1. The molecule has 4 heteroatoms. The van der Waals surface area contributed by atoms with Gasteiger partial charge < -0.3 is 5.32 Å². The van der Waals surface area contributed by atoms with Gasteiger partial charge in [0, 0.05) is 22.8 Å². The molecular formula is C16H20BrN3. The summed E-state index contributed by atoms with van der Waals surface area (Å²) in [6.45, 7) is 5.42. The quantitative estimate of drug-likeness (QED) is 0.929. The lowest BCUT2D eigenvalue weighted by Crippen LogP contribution is -2.30. The van der Waals surface area contributed by atoms with E-state index >= 15 is 0 Å². The van der Waals surface area contributed by atoms with Crippen molar-refractivity contribution in [3.05, 3.63) is 40.6 Å². The zero-order chi connectivity index (χ0) is 13.9. The summed E-state index contributed by atoms with van der Waals surface area (Å²) in [4.78, 5) is 0. The molecule has 0 unspecified atom stereocenters. The first-order chi connectivity index (χ1) is 9.72. The summed E-state index contributed by atoms with van der Waals surface area (Å²) in [5.74, 6) is 0.758. The topological polar surface area (TPSA) is 29.9 Å². The molecule has 1 fully saturated rings. The maximum atomic E-state index is 4.69. The van der Waals surface area contributed by atoms with E-state index in [1.54, 1.807) is 0 Å². The third-order valence-electron chi connectivity index (χ3n) is 4.01. The van der Waals surface area contributed by atoms with Crippen molar-refractivity contribution in [2.75, 3.05) is 13.1 Å². The van der Waals surface area contributed by atoms with E-state index in [1.165, 1.54) is 24.0 Å². The predicted molar refractivity (Wildman–Crippen MR) is 85.7 cm³/mol. The zero-order valence-corrected chi connectivity index (χ0v) is 13.4. The molecule has 1 aliphatic heterocycles. The second-order valence-corrected chi connectivity index (χ2v) is 6.47. The van der Waals surface area contributed by atoms with Crippen LogP contribution in [-0.4, -0.2) is 22.9 Å². The molecule has 3 rings (SSSR count). The van der Waals surface area contributed by atoms with Gasteiger partial charge in [0.2, 0.25) is 0 Å². The van der Waals surface area contributed by atoms with Crippen LogP contribution in [0.2, 0.25) is 0 Å². The lowest BCUT2D eigenvalue weighted by molar-refractivity contribution is 0.321. The Morgan fingerprint density at radius 3 is 2.65 bits per heavy atom. The Bertz CT molecular complexity index is 568. The standard InChI is InChI=1S/C16H20BrN3/c1-12-16(14-2-4-15(17)5-3-14)11-20(19-12)10-13-6-8-18-9-7-13/h2-5,11,13,18H,6-10H2,1H3. The van der Waals surface area contributed by atoms with Crippen molar-refractivity contribution in [2.24, 2.45) is 5.92 Å². The number of hydrogen-bond donors (Lipinski definition) is 1. The van der Waals surface area contributed by atoms with Gasteiger partial charge in [0.05, 0.1) is 5.69 Å². The van der Waals surface area contributed by atoms with Crippen molar-refractivity contribution >= 4 is 15.9 Å². The SMILES string of the molecule is Cc1nn(CC2CCNCC2)cc1-c1ccc(Br)cc1. The molecule has 1 aromatic carbocycles. The number of piperidine rings is 1. The van der Waals surface area contributed by atoms with Crippen LogP contribution < -0.4 is 5.32 Å². The minimum Gasteiger partial charge on any atom is -0.317 e. The molecule has 0 amide bonds. The molecular weight excluding hydrogens is 314 g/mol. The van der Waals surface area contributed by atoms with Crippen molar-refractivity contribution < 1.29 is 0 Å². The fraction of sp³-hybridized carbons (Fsp3) is 0.438. The van der Waals surface area contributed by atoms with Gasteiger partial charge in [-0.2, -0.15) is 5.10 Å². The number of nitrogens with one attached hydrogen (secondary N) is 1. The zero-order valence-electron chi connectivity index (χ0n) is 11.8. The molecule has 106 valence electrons. The van der Waals surface area contributed by atoms with Gasteiger partial charge in [-0.15, -0.1) is 0 Å². The first-order valence-electron chi connectivity index (χ1n) is 7.23. The predicted octanol–water partition coefficient (Wildman–Crippen LogP) is 3.62. The molecule has 2 heterocycles. The molecule has 1 N–H and O–H groups in total. The maximum absolute atomic E-state index is 4.69. The van der Waals surface area contributed by atoms with Crippen LogP contribution in [0.3, 0.4) is 0 Å². The lowest BCUT2D eigenvalue weighted by Gasteiger charge is -2.22. The molecule has 0 radical (unpaired) electrons. The first-order valence-corrected chi connectivity index (χ1v) is 8.02. The van der Waals surface area contributed by atoms with E-state index in [0.29, 0.717) is 0 Å². The average molecular weight is 334 g/mol. The highest BCUT2D eigenvalue weighted by Crippen LogP contribution is 2.25. The average Bonchev–Trinajstić information content (AvgIpc) is 2.81. The highest BCUT2D eigenvalue weighted by atomic mass is 79.9. The Kier molecular flexibility index (Phi) is 4.22. The molecule has 0 atom stereocenters. The minimum atomic E-state index is 0.758. The molecule has 2 aromatic rings. The molecule has 0 bridgehead atoms. The second-order valence-electron chi connectivity index (χ2n) is 5.55. The van der Waals surface area contributed by atoms with Crippen molar-refractivity contribution in [1.82, 2.24) is 15.1 Å². The van der Waals surface area contributed by atoms with Crippen LogP contribution in [0.15, 0.2) is 34.9 Å². The van der Waals surface area contributed by atoms with E-state index in [4.69, 9.17) is 0 Å². The normalized spacial score (nSPS) is 16.5. The van der Waals surface area contributed by atoms with Gasteiger partial charge in [0.1, 0.15) is 0 Å². The van der Waals surface area contributed by atoms with Crippen LogP contribution in [0, 0.1) is 12.8 Å². The van der Waals surface area contributed by atoms with E-state index in [0.717, 1.165) is 35.7 Å². The van der Waals surface area contributed by atoms with E-state index in [1.807, 2.05) is 0 Å². The molecule has 3 nitrogen and oxygen atoms in total. The van der Waals surface area contributed by atoms with Gasteiger partial charge in [-0.1, -0.05) is 28.1 Å². The summed E-state index contributed by atoms with van der Waals surface area (Å²) >= 11 is 3.48. The highest BCUT2D eigenvalue weighted by molar-refractivity contribution is 9.10. The summed E-state index contributed by atoms with van der Waals surface area (Å²) in [5, 5.41) is 8.10. The molecule has 1 aromatic heterocycles. The van der Waals surface area contributed by atoms with Gasteiger partial charge >= 0.3 is 0 Å². The van der Waals surface area contributed by atoms with Crippen molar-refractivity contribution in [2.45, 2.75) is 26.3 Å². The highest BCUT2D eigenvalue weighted by Gasteiger charge is 2.15. The Morgan fingerprint density at radius 1 is 1.25 bits per heavy atom. The van der Waals surface area contributed by atoms with E-state index in [9.17, 15) is 0 Å². The number of aromatic nitrogens is 2. The van der Waals surface area contributed by atoms with Gasteiger partial charge in [-0.05, 0) is 56.5 Å². The first kappa shape index (κ1) is 13.8. The van der Waals surface area contributed by atoms with Gasteiger partial charge in [-0.3, -0.25) is 4.68 Å². The summed E-state index contributed by atoms with van der Waals surface area (Å²) in [6, 6.07) is 8.45. The minimum absolute atomic E-state index is 0.758. The number of benzene rings is 1.